The van der Waals surface area contributed by atoms with Crippen LogP contribution in [0.25, 0.3) is 11.1 Å². The van der Waals surface area contributed by atoms with Gasteiger partial charge >= 0.3 is 0 Å². The van der Waals surface area contributed by atoms with Gasteiger partial charge in [-0.1, -0.05) is 18.2 Å². The van der Waals surface area contributed by atoms with E-state index in [1.54, 1.807) is 18.5 Å². The average Bonchev–Trinajstić information content (AvgIpc) is 3.21. The monoisotopic (exact) mass is 377 g/mol. The third-order valence-corrected chi connectivity index (χ3v) is 7.84. The van der Waals surface area contributed by atoms with Crippen LogP contribution >= 0.6 is 0 Å². The number of fused-ring (bicyclic) bond motifs is 3. The maximum Gasteiger partial charge on any atom is 0.183 e. The maximum absolute atomic E-state index is 13.1. The fraction of sp³-hybridized carbons (Fsp3) is 0.238. The first-order valence-electron chi connectivity index (χ1n) is 9.02. The lowest BCUT2D eigenvalue weighted by Gasteiger charge is -2.17. The van der Waals surface area contributed by atoms with E-state index in [0.29, 0.717) is 11.4 Å². The van der Waals surface area contributed by atoms with Crippen LogP contribution in [0.1, 0.15) is 17.0 Å². The van der Waals surface area contributed by atoms with Gasteiger partial charge in [-0.15, -0.1) is 0 Å². The molecule has 2 aromatic heterocycles. The van der Waals surface area contributed by atoms with Gasteiger partial charge in [0.1, 0.15) is 0 Å². The van der Waals surface area contributed by atoms with Crippen molar-refractivity contribution in [2.75, 3.05) is 13.1 Å². The van der Waals surface area contributed by atoms with Crippen LogP contribution in [0, 0.1) is 0 Å². The van der Waals surface area contributed by atoms with Crippen molar-refractivity contribution in [2.45, 2.75) is 22.6 Å². The molecule has 5 nitrogen and oxygen atoms in total. The number of hydrogen-bond donors (Lipinski definition) is 0. The lowest BCUT2D eigenvalue weighted by atomic mass is 9.95. The summed E-state index contributed by atoms with van der Waals surface area (Å²) in [6.45, 7) is 2.05. The molecule has 5 rings (SSSR count). The summed E-state index contributed by atoms with van der Waals surface area (Å²) in [5.41, 5.74) is 4.09. The number of likely N-dealkylation sites (tertiary alicyclic amines) is 1. The standard InChI is InChI=1S/C21H19N3O2S/c25-27(26)20-6-5-16(17-4-2-8-23-11-17)9-18(20)19-13-24(14-21(19)27)12-15-3-1-7-22-10-15/h1-11,19,21H,12-14H2/t19-,21-/m0/s1. The molecule has 2 atom stereocenters. The second-order valence-electron chi connectivity index (χ2n) is 7.24. The molecule has 4 heterocycles. The van der Waals surface area contributed by atoms with Gasteiger partial charge in [0.15, 0.2) is 9.84 Å². The maximum atomic E-state index is 13.1. The van der Waals surface area contributed by atoms with Crippen LogP contribution in [0.2, 0.25) is 0 Å². The molecular weight excluding hydrogens is 358 g/mol. The Morgan fingerprint density at radius 2 is 1.78 bits per heavy atom. The van der Waals surface area contributed by atoms with Crippen molar-refractivity contribution in [3.63, 3.8) is 0 Å². The SMILES string of the molecule is O=S1(=O)c2ccc(-c3cccnc3)cc2[C@@H]2CN(Cc3cccnc3)C[C@@H]21. The Hall–Kier alpha value is -2.57. The predicted octanol–water partition coefficient (Wildman–Crippen LogP) is 2.90. The van der Waals surface area contributed by atoms with Crippen molar-refractivity contribution < 1.29 is 8.42 Å². The van der Waals surface area contributed by atoms with Crippen molar-refractivity contribution in [1.29, 1.82) is 0 Å². The number of aromatic nitrogens is 2. The van der Waals surface area contributed by atoms with E-state index < -0.39 is 9.84 Å². The normalized spacial score (nSPS) is 23.1. The molecular formula is C21H19N3O2S. The number of rotatable bonds is 3. The zero-order valence-electron chi connectivity index (χ0n) is 14.7. The molecule has 0 saturated carbocycles. The summed E-state index contributed by atoms with van der Waals surface area (Å²) in [5, 5.41) is -0.353. The highest BCUT2D eigenvalue weighted by molar-refractivity contribution is 7.92. The molecule has 0 bridgehead atoms. The van der Waals surface area contributed by atoms with E-state index in [2.05, 4.69) is 14.9 Å². The zero-order valence-corrected chi connectivity index (χ0v) is 15.5. The van der Waals surface area contributed by atoms with Gasteiger partial charge < -0.3 is 0 Å². The molecule has 27 heavy (non-hydrogen) atoms. The van der Waals surface area contributed by atoms with Crippen LogP contribution in [0.4, 0.5) is 0 Å². The minimum Gasteiger partial charge on any atom is -0.297 e. The minimum atomic E-state index is -3.28. The molecule has 0 unspecified atom stereocenters. The van der Waals surface area contributed by atoms with Crippen LogP contribution in [0.5, 0.6) is 0 Å². The lowest BCUT2D eigenvalue weighted by molar-refractivity contribution is 0.325. The highest BCUT2D eigenvalue weighted by Crippen LogP contribution is 2.46. The van der Waals surface area contributed by atoms with E-state index in [-0.39, 0.29) is 11.2 Å². The number of hydrogen-bond acceptors (Lipinski definition) is 5. The molecule has 2 aliphatic rings. The summed E-state index contributed by atoms with van der Waals surface area (Å²) in [7, 11) is -3.28. The van der Waals surface area contributed by atoms with E-state index in [0.717, 1.165) is 35.3 Å². The first-order valence-corrected chi connectivity index (χ1v) is 10.6. The fourth-order valence-electron chi connectivity index (χ4n) is 4.32. The van der Waals surface area contributed by atoms with Crippen molar-refractivity contribution >= 4 is 9.84 Å². The van der Waals surface area contributed by atoms with Crippen molar-refractivity contribution in [2.24, 2.45) is 0 Å². The Morgan fingerprint density at radius 1 is 0.963 bits per heavy atom. The Kier molecular flexibility index (Phi) is 3.84. The molecule has 1 aromatic carbocycles. The van der Waals surface area contributed by atoms with Gasteiger partial charge in [0, 0.05) is 50.3 Å². The molecule has 136 valence electrons. The van der Waals surface area contributed by atoms with Crippen LogP contribution < -0.4 is 0 Å². The summed E-state index contributed by atoms with van der Waals surface area (Å²) < 4.78 is 26.1. The predicted molar refractivity (Wildman–Crippen MR) is 103 cm³/mol. The van der Waals surface area contributed by atoms with Crippen molar-refractivity contribution in [1.82, 2.24) is 14.9 Å². The summed E-state index contributed by atoms with van der Waals surface area (Å²) >= 11 is 0. The van der Waals surface area contributed by atoms with E-state index in [1.165, 1.54) is 0 Å². The highest BCUT2D eigenvalue weighted by atomic mass is 32.2. The van der Waals surface area contributed by atoms with E-state index in [4.69, 9.17) is 0 Å². The highest BCUT2D eigenvalue weighted by Gasteiger charge is 2.50. The van der Waals surface area contributed by atoms with E-state index in [9.17, 15) is 8.42 Å². The Bertz CT molecular complexity index is 1080. The average molecular weight is 377 g/mol. The Morgan fingerprint density at radius 3 is 2.52 bits per heavy atom. The molecule has 1 saturated heterocycles. The summed E-state index contributed by atoms with van der Waals surface area (Å²) in [6.07, 6.45) is 7.15. The quantitative estimate of drug-likeness (QED) is 0.702. The molecule has 0 N–H and O–H groups in total. The molecule has 0 amide bonds. The summed E-state index contributed by atoms with van der Waals surface area (Å²) in [6, 6.07) is 13.6. The topological polar surface area (TPSA) is 63.2 Å². The lowest BCUT2D eigenvalue weighted by Crippen LogP contribution is -2.25. The van der Waals surface area contributed by atoms with Crippen LogP contribution in [-0.4, -0.2) is 41.6 Å². The summed E-state index contributed by atoms with van der Waals surface area (Å²) in [5.74, 6) is 0.0262. The van der Waals surface area contributed by atoms with Crippen LogP contribution in [-0.2, 0) is 16.4 Å². The number of pyridine rings is 2. The molecule has 1 fully saturated rings. The third-order valence-electron chi connectivity index (χ3n) is 5.58. The minimum absolute atomic E-state index is 0.0262. The summed E-state index contributed by atoms with van der Waals surface area (Å²) in [4.78, 5) is 11.1. The molecule has 2 aliphatic heterocycles. The third kappa shape index (κ3) is 2.76. The molecule has 0 spiro atoms. The number of sulfone groups is 1. The van der Waals surface area contributed by atoms with Gasteiger partial charge in [-0.2, -0.15) is 0 Å². The van der Waals surface area contributed by atoms with Gasteiger partial charge in [0.05, 0.1) is 10.1 Å². The number of benzene rings is 1. The molecule has 0 aliphatic carbocycles. The van der Waals surface area contributed by atoms with Gasteiger partial charge in [-0.05, 0) is 46.5 Å². The zero-order chi connectivity index (χ0) is 18.4. The fourth-order valence-corrected chi connectivity index (χ4v) is 6.51. The van der Waals surface area contributed by atoms with Gasteiger partial charge in [-0.25, -0.2) is 8.42 Å². The molecule has 0 radical (unpaired) electrons. The second kappa shape index (κ2) is 6.25. The molecule has 6 heteroatoms. The Labute approximate surface area is 158 Å². The van der Waals surface area contributed by atoms with Crippen molar-refractivity contribution in [3.05, 3.63) is 78.4 Å². The van der Waals surface area contributed by atoms with Crippen LogP contribution in [0.15, 0.2) is 72.1 Å². The smallest absolute Gasteiger partial charge is 0.183 e. The first-order chi connectivity index (χ1) is 13.1. The van der Waals surface area contributed by atoms with Gasteiger partial charge in [0.25, 0.3) is 0 Å². The van der Waals surface area contributed by atoms with Crippen LogP contribution in [0.3, 0.4) is 0 Å². The van der Waals surface area contributed by atoms with Gasteiger partial charge in [-0.3, -0.25) is 14.9 Å². The Balaban J connectivity index is 1.49. The van der Waals surface area contributed by atoms with Gasteiger partial charge in [0.2, 0.25) is 0 Å². The van der Waals surface area contributed by atoms with E-state index in [1.807, 2.05) is 48.8 Å². The molecule has 3 aromatic rings. The number of nitrogens with zero attached hydrogens (tertiary/aromatic N) is 3. The van der Waals surface area contributed by atoms with Crippen molar-refractivity contribution in [3.8, 4) is 11.1 Å². The largest absolute Gasteiger partial charge is 0.297 e. The second-order valence-corrected chi connectivity index (χ2v) is 9.37. The van der Waals surface area contributed by atoms with E-state index >= 15 is 0 Å². The first kappa shape index (κ1) is 16.6.